The summed E-state index contributed by atoms with van der Waals surface area (Å²) in [6.07, 6.45) is 1.15. The summed E-state index contributed by atoms with van der Waals surface area (Å²) in [5.41, 5.74) is 3.33. The molecule has 154 valence electrons. The Morgan fingerprint density at radius 3 is 2.87 bits per heavy atom. The molecule has 6 heteroatoms. The molecule has 1 fully saturated rings. The number of rotatable bonds is 4. The molecule has 3 aromatic rings. The highest BCUT2D eigenvalue weighted by Crippen LogP contribution is 2.39. The number of aryl methyl sites for hydroxylation is 1. The van der Waals surface area contributed by atoms with Crippen molar-refractivity contribution in [1.29, 1.82) is 0 Å². The summed E-state index contributed by atoms with van der Waals surface area (Å²) in [6, 6.07) is 21.8. The number of thiophene rings is 1. The molecule has 2 aliphatic rings. The summed E-state index contributed by atoms with van der Waals surface area (Å²) in [5.74, 6) is 2.23. The van der Waals surface area contributed by atoms with E-state index in [2.05, 4.69) is 83.1 Å². The van der Waals surface area contributed by atoms with Gasteiger partial charge in [0, 0.05) is 35.4 Å². The van der Waals surface area contributed by atoms with E-state index >= 15 is 0 Å². The van der Waals surface area contributed by atoms with Crippen LogP contribution in [-0.2, 0) is 0 Å². The first-order valence-corrected chi connectivity index (χ1v) is 12.3. The van der Waals surface area contributed by atoms with E-state index < -0.39 is 0 Å². The van der Waals surface area contributed by atoms with E-state index in [9.17, 15) is 0 Å². The number of thioether (sulfide) groups is 1. The van der Waals surface area contributed by atoms with E-state index in [-0.39, 0.29) is 0 Å². The average Bonchev–Trinajstić information content (AvgIpc) is 3.06. The summed E-state index contributed by atoms with van der Waals surface area (Å²) < 4.78 is 0. The summed E-state index contributed by atoms with van der Waals surface area (Å²) in [6.45, 7) is 5.14. The molecule has 2 N–H and O–H groups in total. The van der Waals surface area contributed by atoms with Crippen molar-refractivity contribution in [3.05, 3.63) is 71.1 Å². The normalized spacial score (nSPS) is 18.1. The Kier molecular flexibility index (Phi) is 5.79. The van der Waals surface area contributed by atoms with E-state index in [0.29, 0.717) is 6.04 Å². The van der Waals surface area contributed by atoms with Crippen LogP contribution in [0, 0.1) is 6.92 Å². The molecular formula is C24H26N4S2. The molecule has 0 aliphatic carbocycles. The van der Waals surface area contributed by atoms with Gasteiger partial charge < -0.3 is 15.5 Å². The number of amidine groups is 1. The molecular weight excluding hydrogens is 408 g/mol. The van der Waals surface area contributed by atoms with Crippen LogP contribution in [-0.4, -0.2) is 42.2 Å². The molecule has 1 aromatic heterocycles. The lowest BCUT2D eigenvalue weighted by Gasteiger charge is -2.35. The Morgan fingerprint density at radius 1 is 1.13 bits per heavy atom. The molecule has 2 aromatic carbocycles. The van der Waals surface area contributed by atoms with Gasteiger partial charge in [-0.1, -0.05) is 30.3 Å². The number of nitrogens with one attached hydrogen (secondary N) is 2. The van der Waals surface area contributed by atoms with Gasteiger partial charge in [0.05, 0.1) is 16.9 Å². The predicted octanol–water partition coefficient (Wildman–Crippen LogP) is 5.65. The van der Waals surface area contributed by atoms with Gasteiger partial charge in [-0.2, -0.15) is 0 Å². The minimum Gasteiger partial charge on any atom is -0.353 e. The van der Waals surface area contributed by atoms with Crippen LogP contribution < -0.4 is 10.6 Å². The third-order valence-corrected chi connectivity index (χ3v) is 7.52. The van der Waals surface area contributed by atoms with E-state index in [1.54, 1.807) is 0 Å². The second-order valence-electron chi connectivity index (χ2n) is 7.72. The first-order valence-electron chi connectivity index (χ1n) is 10.5. The maximum Gasteiger partial charge on any atom is 0.139 e. The highest BCUT2D eigenvalue weighted by atomic mass is 32.2. The number of benzene rings is 2. The van der Waals surface area contributed by atoms with Crippen LogP contribution >= 0.6 is 23.1 Å². The summed E-state index contributed by atoms with van der Waals surface area (Å²) in [4.78, 5) is 10.3. The highest BCUT2D eigenvalue weighted by molar-refractivity contribution is 7.99. The Balaban J connectivity index is 1.34. The number of para-hydroxylation sites is 2. The zero-order valence-corrected chi connectivity index (χ0v) is 18.7. The second-order valence-corrected chi connectivity index (χ2v) is 10.1. The van der Waals surface area contributed by atoms with Crippen LogP contribution in [0.4, 0.5) is 16.4 Å². The maximum absolute atomic E-state index is 5.13. The predicted molar refractivity (Wildman–Crippen MR) is 130 cm³/mol. The van der Waals surface area contributed by atoms with Crippen LogP contribution in [0.5, 0.6) is 0 Å². The summed E-state index contributed by atoms with van der Waals surface area (Å²) >= 11 is 3.75. The lowest BCUT2D eigenvalue weighted by molar-refractivity contribution is 0.288. The molecule has 5 rings (SSSR count). The Bertz CT molecular complexity index is 1040. The van der Waals surface area contributed by atoms with E-state index in [1.807, 2.05) is 23.1 Å². The van der Waals surface area contributed by atoms with Crippen LogP contribution in [0.2, 0.25) is 0 Å². The van der Waals surface area contributed by atoms with Crippen molar-refractivity contribution in [2.24, 2.45) is 4.99 Å². The number of hydrogen-bond donors (Lipinski definition) is 2. The van der Waals surface area contributed by atoms with Gasteiger partial charge in [0.25, 0.3) is 0 Å². The van der Waals surface area contributed by atoms with Crippen molar-refractivity contribution in [2.75, 3.05) is 30.7 Å². The zero-order valence-electron chi connectivity index (χ0n) is 17.1. The molecule has 4 nitrogen and oxygen atoms in total. The van der Waals surface area contributed by atoms with Crippen molar-refractivity contribution in [1.82, 2.24) is 10.2 Å². The number of aliphatic imine (C=N–C) groups is 1. The van der Waals surface area contributed by atoms with Gasteiger partial charge in [0.2, 0.25) is 0 Å². The zero-order chi connectivity index (χ0) is 20.3. The summed E-state index contributed by atoms with van der Waals surface area (Å²) in [5, 5.41) is 8.53. The fraction of sp³-hybridized carbons (Fsp3) is 0.292. The third kappa shape index (κ3) is 4.26. The third-order valence-electron chi connectivity index (χ3n) is 5.51. The highest BCUT2D eigenvalue weighted by Gasteiger charge is 2.27. The number of hydrogen-bond acceptors (Lipinski definition) is 6. The van der Waals surface area contributed by atoms with Gasteiger partial charge in [-0.05, 0) is 49.4 Å². The smallest absolute Gasteiger partial charge is 0.139 e. The van der Waals surface area contributed by atoms with E-state index in [1.165, 1.54) is 20.3 Å². The van der Waals surface area contributed by atoms with Crippen LogP contribution in [0.15, 0.2) is 70.6 Å². The van der Waals surface area contributed by atoms with Gasteiger partial charge in [0.15, 0.2) is 0 Å². The van der Waals surface area contributed by atoms with Crippen molar-refractivity contribution >= 4 is 45.3 Å². The first kappa shape index (κ1) is 19.7. The summed E-state index contributed by atoms with van der Waals surface area (Å²) in [7, 11) is 0. The van der Waals surface area contributed by atoms with Crippen LogP contribution in [0.1, 0.15) is 16.9 Å². The van der Waals surface area contributed by atoms with Crippen molar-refractivity contribution in [3.8, 4) is 0 Å². The lowest BCUT2D eigenvalue weighted by atomic mass is 10.1. The number of piperazine rings is 1. The molecule has 2 aliphatic heterocycles. The Labute approximate surface area is 186 Å². The quantitative estimate of drug-likeness (QED) is 0.521. The molecule has 0 bridgehead atoms. The monoisotopic (exact) mass is 434 g/mol. The van der Waals surface area contributed by atoms with E-state index in [4.69, 9.17) is 4.99 Å². The largest absolute Gasteiger partial charge is 0.353 e. The molecule has 0 spiro atoms. The van der Waals surface area contributed by atoms with Gasteiger partial charge in [-0.15, -0.1) is 23.1 Å². The fourth-order valence-electron chi connectivity index (χ4n) is 4.03. The first-order chi connectivity index (χ1) is 14.8. The number of fused-ring (bicyclic) bond motifs is 2. The SMILES string of the molecule is Cc1cc2c(s1)Nc1ccccc1N=C2N1CCNC(CCSc2ccccc2)C1. The van der Waals surface area contributed by atoms with Crippen LogP contribution in [0.25, 0.3) is 0 Å². The number of nitrogens with zero attached hydrogens (tertiary/aromatic N) is 2. The second kappa shape index (κ2) is 8.84. The maximum atomic E-state index is 5.13. The van der Waals surface area contributed by atoms with Gasteiger partial charge in [0.1, 0.15) is 10.8 Å². The molecule has 1 atom stereocenters. The van der Waals surface area contributed by atoms with Gasteiger partial charge >= 0.3 is 0 Å². The molecule has 0 saturated carbocycles. The minimum absolute atomic E-state index is 0.479. The molecule has 0 amide bonds. The molecule has 3 heterocycles. The Morgan fingerprint density at radius 2 is 1.97 bits per heavy atom. The number of anilines is 2. The van der Waals surface area contributed by atoms with Crippen molar-refractivity contribution in [2.45, 2.75) is 24.3 Å². The molecule has 0 radical (unpaired) electrons. The molecule has 1 unspecified atom stereocenters. The standard InChI is InChI=1S/C24H26N4S2/c1-17-15-20-23(26-21-9-5-6-10-22(21)27-24(20)30-17)28-13-12-25-18(16-28)11-14-29-19-7-3-2-4-8-19/h2-10,15,18,25,27H,11-14,16H2,1H3. The lowest BCUT2D eigenvalue weighted by Crippen LogP contribution is -2.52. The van der Waals surface area contributed by atoms with Gasteiger partial charge in [-0.25, -0.2) is 4.99 Å². The van der Waals surface area contributed by atoms with Crippen LogP contribution in [0.3, 0.4) is 0 Å². The Hall–Kier alpha value is -2.28. The topological polar surface area (TPSA) is 39.7 Å². The van der Waals surface area contributed by atoms with Crippen molar-refractivity contribution < 1.29 is 0 Å². The molecule has 1 saturated heterocycles. The average molecular weight is 435 g/mol. The van der Waals surface area contributed by atoms with E-state index in [0.717, 1.165) is 49.0 Å². The fourth-order valence-corrected chi connectivity index (χ4v) is 5.94. The van der Waals surface area contributed by atoms with Crippen molar-refractivity contribution in [3.63, 3.8) is 0 Å². The minimum atomic E-state index is 0.479. The van der Waals surface area contributed by atoms with Gasteiger partial charge in [-0.3, -0.25) is 0 Å². The molecule has 30 heavy (non-hydrogen) atoms.